The molecule has 98 valence electrons. The highest BCUT2D eigenvalue weighted by molar-refractivity contribution is 6.29. The number of phenols is 1. The highest BCUT2D eigenvalue weighted by Crippen LogP contribution is 2.39. The number of phenolic OH excluding ortho intramolecular Hbond substituents is 1. The Labute approximate surface area is 115 Å². The Morgan fingerprint density at radius 2 is 1.55 bits per heavy atom. The number of aryl methyl sites for hydroxylation is 1. The summed E-state index contributed by atoms with van der Waals surface area (Å²) < 4.78 is 0. The van der Waals surface area contributed by atoms with Crippen molar-refractivity contribution < 1.29 is 14.7 Å². The van der Waals surface area contributed by atoms with Gasteiger partial charge in [-0.25, -0.2) is 0 Å². The lowest BCUT2D eigenvalue weighted by molar-refractivity contribution is 0.0976. The zero-order valence-corrected chi connectivity index (χ0v) is 10.8. The predicted octanol–water partition coefficient (Wildman–Crippen LogP) is 2.66. The molecule has 0 unspecified atom stereocenters. The van der Waals surface area contributed by atoms with Crippen LogP contribution in [0.4, 0.5) is 0 Å². The number of hydrogen-bond acceptors (Lipinski definition) is 3. The van der Waals surface area contributed by atoms with E-state index < -0.39 is 0 Å². The van der Waals surface area contributed by atoms with Gasteiger partial charge in [-0.05, 0) is 36.5 Å². The van der Waals surface area contributed by atoms with Gasteiger partial charge in [0, 0.05) is 16.7 Å². The van der Waals surface area contributed by atoms with E-state index in [4.69, 9.17) is 0 Å². The first kappa shape index (κ1) is 11.4. The summed E-state index contributed by atoms with van der Waals surface area (Å²) >= 11 is 0. The molecule has 1 N–H and O–H groups in total. The molecule has 0 radical (unpaired) electrons. The van der Waals surface area contributed by atoms with Crippen molar-refractivity contribution in [3.05, 3.63) is 63.7 Å². The molecule has 2 aliphatic carbocycles. The van der Waals surface area contributed by atoms with E-state index in [0.717, 1.165) is 30.4 Å². The van der Waals surface area contributed by atoms with Crippen molar-refractivity contribution in [1.29, 1.82) is 0 Å². The highest BCUT2D eigenvalue weighted by Gasteiger charge is 2.35. The van der Waals surface area contributed by atoms with Gasteiger partial charge in [0.05, 0.1) is 5.56 Å². The molecule has 2 aliphatic rings. The molecule has 0 aliphatic heterocycles. The first-order valence-corrected chi connectivity index (χ1v) is 6.74. The van der Waals surface area contributed by atoms with E-state index >= 15 is 0 Å². The van der Waals surface area contributed by atoms with Gasteiger partial charge in [0.1, 0.15) is 5.75 Å². The highest BCUT2D eigenvalue weighted by atomic mass is 16.3. The predicted molar refractivity (Wildman–Crippen MR) is 73.4 cm³/mol. The molecule has 3 nitrogen and oxygen atoms in total. The summed E-state index contributed by atoms with van der Waals surface area (Å²) in [5, 5.41) is 10.2. The van der Waals surface area contributed by atoms with Gasteiger partial charge in [0.25, 0.3) is 0 Å². The Bertz CT molecular complexity index is 787. The molecule has 4 rings (SSSR count). The third-order valence-corrected chi connectivity index (χ3v) is 4.25. The number of hydrogen-bond donors (Lipinski definition) is 1. The first-order chi connectivity index (χ1) is 9.68. The van der Waals surface area contributed by atoms with Crippen LogP contribution in [0.15, 0.2) is 30.3 Å². The second-order valence-corrected chi connectivity index (χ2v) is 5.34. The normalized spacial score (nSPS) is 15.8. The fourth-order valence-corrected chi connectivity index (χ4v) is 3.36. The summed E-state index contributed by atoms with van der Waals surface area (Å²) in [6.07, 6.45) is 2.63. The minimum Gasteiger partial charge on any atom is -0.507 e. The van der Waals surface area contributed by atoms with Gasteiger partial charge in [-0.1, -0.05) is 24.3 Å². The molecule has 0 amide bonds. The van der Waals surface area contributed by atoms with Crippen LogP contribution in [-0.2, 0) is 12.8 Å². The van der Waals surface area contributed by atoms with Gasteiger partial charge in [-0.15, -0.1) is 0 Å². The second kappa shape index (κ2) is 3.79. The van der Waals surface area contributed by atoms with Gasteiger partial charge in [-0.3, -0.25) is 9.59 Å². The Hall–Kier alpha value is -2.42. The molecule has 0 aromatic heterocycles. The number of carbonyl (C=O) groups is 2. The van der Waals surface area contributed by atoms with Crippen LogP contribution in [0.3, 0.4) is 0 Å². The van der Waals surface area contributed by atoms with Crippen molar-refractivity contribution in [3.63, 3.8) is 0 Å². The summed E-state index contributed by atoms with van der Waals surface area (Å²) in [4.78, 5) is 25.3. The fraction of sp³-hybridized carbons (Fsp3) is 0.176. The molecule has 0 atom stereocenters. The van der Waals surface area contributed by atoms with E-state index in [1.165, 1.54) is 0 Å². The van der Waals surface area contributed by atoms with Crippen LogP contribution < -0.4 is 0 Å². The van der Waals surface area contributed by atoms with E-state index in [-0.39, 0.29) is 22.9 Å². The Morgan fingerprint density at radius 1 is 0.900 bits per heavy atom. The molecular formula is C17H12O3. The zero-order chi connectivity index (χ0) is 13.9. The fourth-order valence-electron chi connectivity index (χ4n) is 3.36. The van der Waals surface area contributed by atoms with Crippen LogP contribution >= 0.6 is 0 Å². The molecule has 2 aromatic carbocycles. The maximum Gasteiger partial charge on any atom is 0.198 e. The third-order valence-electron chi connectivity index (χ3n) is 4.25. The van der Waals surface area contributed by atoms with E-state index in [2.05, 4.69) is 0 Å². The number of rotatable bonds is 0. The number of carbonyl (C=O) groups excluding carboxylic acids is 2. The SMILES string of the molecule is O=C1c2ccccc2C(=O)c2c3c(cc(O)c21)CCC3. The van der Waals surface area contributed by atoms with E-state index in [1.54, 1.807) is 30.3 Å². The number of aromatic hydroxyl groups is 1. The number of fused-ring (bicyclic) bond motifs is 4. The first-order valence-electron chi connectivity index (χ1n) is 6.74. The summed E-state index contributed by atoms with van der Waals surface area (Å²) in [5.74, 6) is -0.444. The van der Waals surface area contributed by atoms with Gasteiger partial charge in [-0.2, -0.15) is 0 Å². The molecule has 0 fully saturated rings. The second-order valence-electron chi connectivity index (χ2n) is 5.34. The average Bonchev–Trinajstić information content (AvgIpc) is 2.91. The number of ketones is 2. The Kier molecular flexibility index (Phi) is 2.16. The lowest BCUT2D eigenvalue weighted by Gasteiger charge is -2.21. The Balaban J connectivity index is 2.10. The largest absolute Gasteiger partial charge is 0.507 e. The zero-order valence-electron chi connectivity index (χ0n) is 10.8. The van der Waals surface area contributed by atoms with Crippen molar-refractivity contribution in [2.24, 2.45) is 0 Å². The Morgan fingerprint density at radius 3 is 2.25 bits per heavy atom. The summed E-state index contributed by atoms with van der Waals surface area (Å²) in [5.41, 5.74) is 3.41. The molecular weight excluding hydrogens is 252 g/mol. The van der Waals surface area contributed by atoms with E-state index in [9.17, 15) is 14.7 Å². The minimum absolute atomic E-state index is 0.0616. The monoisotopic (exact) mass is 264 g/mol. The van der Waals surface area contributed by atoms with Crippen LogP contribution in [0.1, 0.15) is 49.4 Å². The molecule has 3 heteroatoms. The lowest BCUT2D eigenvalue weighted by Crippen LogP contribution is -2.22. The quantitative estimate of drug-likeness (QED) is 0.679. The molecule has 2 aromatic rings. The maximum absolute atomic E-state index is 12.7. The molecule has 20 heavy (non-hydrogen) atoms. The van der Waals surface area contributed by atoms with Crippen LogP contribution in [0.5, 0.6) is 5.75 Å². The molecule has 0 saturated carbocycles. The molecule has 0 saturated heterocycles. The van der Waals surface area contributed by atoms with Crippen molar-refractivity contribution in [3.8, 4) is 5.75 Å². The van der Waals surface area contributed by atoms with Crippen molar-refractivity contribution in [1.82, 2.24) is 0 Å². The lowest BCUT2D eigenvalue weighted by atomic mass is 9.80. The van der Waals surface area contributed by atoms with Crippen LogP contribution in [0.25, 0.3) is 0 Å². The van der Waals surface area contributed by atoms with Gasteiger partial charge in [0.2, 0.25) is 0 Å². The van der Waals surface area contributed by atoms with Gasteiger partial charge >= 0.3 is 0 Å². The van der Waals surface area contributed by atoms with Crippen molar-refractivity contribution in [2.75, 3.05) is 0 Å². The maximum atomic E-state index is 12.7. The van der Waals surface area contributed by atoms with Crippen molar-refractivity contribution >= 4 is 11.6 Å². The minimum atomic E-state index is -0.248. The smallest absolute Gasteiger partial charge is 0.198 e. The topological polar surface area (TPSA) is 54.4 Å². The van der Waals surface area contributed by atoms with Crippen LogP contribution in [-0.4, -0.2) is 16.7 Å². The van der Waals surface area contributed by atoms with Crippen molar-refractivity contribution in [2.45, 2.75) is 19.3 Å². The molecule has 0 spiro atoms. The number of benzene rings is 2. The average molecular weight is 264 g/mol. The van der Waals surface area contributed by atoms with E-state index in [0.29, 0.717) is 16.7 Å². The molecule has 0 bridgehead atoms. The summed E-state index contributed by atoms with van der Waals surface area (Å²) in [7, 11) is 0. The standard InChI is InChI=1S/C17H12O3/c18-13-8-9-4-3-7-10(9)14-15(13)17(20)12-6-2-1-5-11(12)16(14)19/h1-2,5-6,8,18H,3-4,7H2. The summed E-state index contributed by atoms with van der Waals surface area (Å²) in [6.45, 7) is 0. The van der Waals surface area contributed by atoms with Gasteiger partial charge < -0.3 is 5.11 Å². The van der Waals surface area contributed by atoms with Gasteiger partial charge in [0.15, 0.2) is 11.6 Å². The van der Waals surface area contributed by atoms with E-state index in [1.807, 2.05) is 0 Å². The summed E-state index contributed by atoms with van der Waals surface area (Å²) in [6, 6.07) is 8.48. The van der Waals surface area contributed by atoms with Crippen LogP contribution in [0, 0.1) is 0 Å². The van der Waals surface area contributed by atoms with Crippen LogP contribution in [0.2, 0.25) is 0 Å². The third kappa shape index (κ3) is 1.29. The molecule has 0 heterocycles.